The summed E-state index contributed by atoms with van der Waals surface area (Å²) in [6.07, 6.45) is -0.562. The Morgan fingerprint density at radius 1 is 1.25 bits per heavy atom. The number of ketones is 1. The third-order valence-electron chi connectivity index (χ3n) is 2.84. The summed E-state index contributed by atoms with van der Waals surface area (Å²) in [4.78, 5) is 33.5. The van der Waals surface area contributed by atoms with Gasteiger partial charge in [0, 0.05) is 24.6 Å². The molecule has 6 nitrogen and oxygen atoms in total. The highest BCUT2D eigenvalue weighted by molar-refractivity contribution is 5.97. The molecule has 0 saturated carbocycles. The van der Waals surface area contributed by atoms with Gasteiger partial charge in [-0.3, -0.25) is 14.4 Å². The van der Waals surface area contributed by atoms with Crippen molar-refractivity contribution in [3.63, 3.8) is 0 Å². The molecule has 0 aliphatic rings. The second-order valence-corrected chi connectivity index (χ2v) is 4.66. The minimum Gasteiger partial charge on any atom is -0.481 e. The van der Waals surface area contributed by atoms with E-state index in [0.29, 0.717) is 12.2 Å². The number of Topliss-reactive ketones (excluding diaryl/α,β-unsaturated/α-hetero) is 1. The topological polar surface area (TPSA) is 109 Å². The van der Waals surface area contributed by atoms with E-state index in [4.69, 9.17) is 10.8 Å². The molecule has 1 aromatic carbocycles. The smallest absolute Gasteiger partial charge is 0.310 e. The first-order valence-electron chi connectivity index (χ1n) is 6.24. The Labute approximate surface area is 117 Å². The molecule has 0 saturated heterocycles. The number of hydrogen-bond acceptors (Lipinski definition) is 4. The number of carboxylic acid groups (broad SMARTS) is 1. The van der Waals surface area contributed by atoms with E-state index in [1.54, 1.807) is 31.2 Å². The van der Waals surface area contributed by atoms with Crippen LogP contribution in [-0.4, -0.2) is 22.8 Å². The monoisotopic (exact) mass is 278 g/mol. The van der Waals surface area contributed by atoms with Crippen LogP contribution in [0.15, 0.2) is 24.3 Å². The molecule has 0 fully saturated rings. The summed E-state index contributed by atoms with van der Waals surface area (Å²) in [6.45, 7) is 1.90. The van der Waals surface area contributed by atoms with E-state index in [-0.39, 0.29) is 12.3 Å². The third kappa shape index (κ3) is 5.51. The molecule has 1 amide bonds. The number of anilines is 1. The van der Waals surface area contributed by atoms with Gasteiger partial charge in [0.05, 0.1) is 0 Å². The quantitative estimate of drug-likeness (QED) is 0.508. The number of hydrogen-bond donors (Lipinski definition) is 3. The van der Waals surface area contributed by atoms with Gasteiger partial charge >= 0.3 is 5.97 Å². The summed E-state index contributed by atoms with van der Waals surface area (Å²) in [6, 6.07) is 7.07. The Bertz CT molecular complexity index is 496. The molecule has 0 heterocycles. The average Bonchev–Trinajstić information content (AvgIpc) is 2.37. The molecule has 0 aliphatic carbocycles. The number of nitrogens with two attached hydrogens (primary N) is 1. The van der Waals surface area contributed by atoms with Gasteiger partial charge in [-0.25, -0.2) is 0 Å². The van der Waals surface area contributed by atoms with Crippen LogP contribution in [-0.2, 0) is 20.9 Å². The molecule has 0 spiro atoms. The first-order chi connectivity index (χ1) is 9.38. The van der Waals surface area contributed by atoms with Gasteiger partial charge in [0.25, 0.3) is 0 Å². The lowest BCUT2D eigenvalue weighted by Gasteiger charge is -2.10. The van der Waals surface area contributed by atoms with E-state index in [9.17, 15) is 14.4 Å². The molecule has 0 bridgehead atoms. The maximum atomic E-state index is 11.6. The molecular formula is C14H18N2O4. The lowest BCUT2D eigenvalue weighted by molar-refractivity contribution is -0.142. The lowest BCUT2D eigenvalue weighted by atomic mass is 10.00. The predicted octanol–water partition coefficient (Wildman–Crippen LogP) is 0.955. The maximum Gasteiger partial charge on any atom is 0.310 e. The van der Waals surface area contributed by atoms with Crippen LogP contribution in [0.25, 0.3) is 0 Å². The van der Waals surface area contributed by atoms with Crippen LogP contribution >= 0.6 is 0 Å². The van der Waals surface area contributed by atoms with Crippen molar-refractivity contribution in [1.29, 1.82) is 0 Å². The first kappa shape index (κ1) is 15.7. The molecule has 6 heteroatoms. The molecule has 4 N–H and O–H groups in total. The van der Waals surface area contributed by atoms with E-state index in [0.717, 1.165) is 5.56 Å². The Kier molecular flexibility index (Phi) is 5.71. The van der Waals surface area contributed by atoms with Gasteiger partial charge in [-0.05, 0) is 17.7 Å². The van der Waals surface area contributed by atoms with E-state index in [1.807, 2.05) is 0 Å². The number of carbonyl (C=O) groups excluding carboxylic acids is 2. The van der Waals surface area contributed by atoms with Gasteiger partial charge in [0.15, 0.2) is 0 Å². The predicted molar refractivity (Wildman–Crippen MR) is 73.7 cm³/mol. The summed E-state index contributed by atoms with van der Waals surface area (Å²) >= 11 is 0. The first-order valence-corrected chi connectivity index (χ1v) is 6.24. The molecule has 0 aliphatic heterocycles. The molecule has 0 unspecified atom stereocenters. The number of nitrogens with one attached hydrogen (secondary N) is 1. The van der Waals surface area contributed by atoms with E-state index >= 15 is 0 Å². The fourth-order valence-corrected chi connectivity index (χ4v) is 1.62. The molecule has 0 aromatic heterocycles. The highest BCUT2D eigenvalue weighted by Crippen LogP contribution is 2.08. The van der Waals surface area contributed by atoms with Crippen molar-refractivity contribution < 1.29 is 19.5 Å². The van der Waals surface area contributed by atoms with Crippen LogP contribution in [0.1, 0.15) is 25.3 Å². The van der Waals surface area contributed by atoms with Gasteiger partial charge < -0.3 is 16.2 Å². The summed E-state index contributed by atoms with van der Waals surface area (Å²) in [5.41, 5.74) is 7.10. The van der Waals surface area contributed by atoms with Crippen molar-refractivity contribution >= 4 is 23.3 Å². The zero-order chi connectivity index (χ0) is 15.1. The fraction of sp³-hybridized carbons (Fsp3) is 0.357. The number of benzene rings is 1. The summed E-state index contributed by atoms with van der Waals surface area (Å²) in [7, 11) is 0. The Morgan fingerprint density at radius 3 is 2.40 bits per heavy atom. The molecule has 1 atom stereocenters. The molecule has 108 valence electrons. The Hall–Kier alpha value is -2.37. The SMILES string of the molecule is C[C@H](CC(=O)NCc1ccc(N)cc1)C(=O)CC(=O)O. The van der Waals surface area contributed by atoms with Crippen molar-refractivity contribution in [1.82, 2.24) is 5.32 Å². The van der Waals surface area contributed by atoms with Crippen LogP contribution in [0.5, 0.6) is 0 Å². The van der Waals surface area contributed by atoms with Gasteiger partial charge in [-0.15, -0.1) is 0 Å². The van der Waals surface area contributed by atoms with Crippen LogP contribution in [0.4, 0.5) is 5.69 Å². The summed E-state index contributed by atoms with van der Waals surface area (Å²) in [5, 5.41) is 11.2. The summed E-state index contributed by atoms with van der Waals surface area (Å²) in [5.74, 6) is -2.50. The van der Waals surface area contributed by atoms with Crippen LogP contribution in [0.3, 0.4) is 0 Å². The van der Waals surface area contributed by atoms with E-state index in [2.05, 4.69) is 5.32 Å². The van der Waals surface area contributed by atoms with E-state index < -0.39 is 24.1 Å². The molecule has 1 aromatic rings. The zero-order valence-electron chi connectivity index (χ0n) is 11.3. The standard InChI is InChI=1S/C14H18N2O4/c1-9(12(17)7-14(19)20)6-13(18)16-8-10-2-4-11(15)5-3-10/h2-5,9H,6-8,15H2,1H3,(H,16,18)(H,19,20)/t9-/m1/s1. The van der Waals surface area contributed by atoms with Gasteiger partial charge in [-0.2, -0.15) is 0 Å². The van der Waals surface area contributed by atoms with Crippen LogP contribution in [0.2, 0.25) is 0 Å². The summed E-state index contributed by atoms with van der Waals surface area (Å²) < 4.78 is 0. The lowest BCUT2D eigenvalue weighted by Crippen LogP contribution is -2.27. The number of aliphatic carboxylic acids is 1. The van der Waals surface area contributed by atoms with Crippen molar-refractivity contribution in [3.05, 3.63) is 29.8 Å². The van der Waals surface area contributed by atoms with Crippen molar-refractivity contribution in [2.24, 2.45) is 5.92 Å². The number of nitrogen functional groups attached to an aromatic ring is 1. The van der Waals surface area contributed by atoms with Crippen molar-refractivity contribution in [2.45, 2.75) is 26.3 Å². The van der Waals surface area contributed by atoms with Crippen molar-refractivity contribution in [3.8, 4) is 0 Å². The van der Waals surface area contributed by atoms with Gasteiger partial charge in [-0.1, -0.05) is 19.1 Å². The van der Waals surface area contributed by atoms with Crippen molar-refractivity contribution in [2.75, 3.05) is 5.73 Å². The molecule has 0 radical (unpaired) electrons. The third-order valence-corrected chi connectivity index (χ3v) is 2.84. The average molecular weight is 278 g/mol. The van der Waals surface area contributed by atoms with Gasteiger partial charge in [0.2, 0.25) is 5.91 Å². The van der Waals surface area contributed by atoms with Crippen LogP contribution in [0, 0.1) is 5.92 Å². The fourth-order valence-electron chi connectivity index (χ4n) is 1.62. The van der Waals surface area contributed by atoms with Gasteiger partial charge in [0.1, 0.15) is 12.2 Å². The number of carboxylic acids is 1. The number of amides is 1. The van der Waals surface area contributed by atoms with Crippen LogP contribution < -0.4 is 11.1 Å². The van der Waals surface area contributed by atoms with E-state index in [1.165, 1.54) is 0 Å². The highest BCUT2D eigenvalue weighted by atomic mass is 16.4. The highest BCUT2D eigenvalue weighted by Gasteiger charge is 2.19. The maximum absolute atomic E-state index is 11.6. The largest absolute Gasteiger partial charge is 0.481 e. The minimum atomic E-state index is -1.18. The number of carbonyl (C=O) groups is 3. The second-order valence-electron chi connectivity index (χ2n) is 4.66. The normalized spacial score (nSPS) is 11.7. The minimum absolute atomic E-state index is 0.0128. The second kappa shape index (κ2) is 7.28. The molecule has 20 heavy (non-hydrogen) atoms. The molecule has 1 rings (SSSR count). The Morgan fingerprint density at radius 2 is 1.85 bits per heavy atom. The molecular weight excluding hydrogens is 260 g/mol. The number of rotatable bonds is 7. The zero-order valence-corrected chi connectivity index (χ0v) is 11.3. The Balaban J connectivity index is 2.38.